The third kappa shape index (κ3) is 3.18. The summed E-state index contributed by atoms with van der Waals surface area (Å²) in [4.78, 5) is 15.0. The van der Waals surface area contributed by atoms with E-state index < -0.39 is 5.97 Å². The summed E-state index contributed by atoms with van der Waals surface area (Å²) in [6.07, 6.45) is 3.86. The molecule has 1 saturated heterocycles. The number of carboxylic acid groups (broad SMARTS) is 1. The van der Waals surface area contributed by atoms with Crippen molar-refractivity contribution in [1.29, 1.82) is 0 Å². The minimum Gasteiger partial charge on any atom is -0.480 e. The zero-order valence-corrected chi connectivity index (χ0v) is 9.35. The molecular weight excluding hydrogens is 192 g/mol. The topological polar surface area (TPSA) is 43.8 Å². The van der Waals surface area contributed by atoms with Crippen molar-refractivity contribution in [3.63, 3.8) is 0 Å². The molecule has 86 valence electrons. The number of rotatable bonds is 5. The van der Waals surface area contributed by atoms with Gasteiger partial charge in [0.15, 0.2) is 0 Å². The van der Waals surface area contributed by atoms with Gasteiger partial charge in [-0.05, 0) is 38.8 Å². The van der Waals surface area contributed by atoms with E-state index in [4.69, 9.17) is 5.11 Å². The summed E-state index contributed by atoms with van der Waals surface area (Å²) in [5.74, 6) is -0.0267. The van der Waals surface area contributed by atoms with E-state index in [0.717, 1.165) is 32.1 Å². The molecule has 0 aromatic carbocycles. The summed E-state index contributed by atoms with van der Waals surface area (Å²) in [7, 11) is 2.19. The Kier molecular flexibility index (Phi) is 3.26. The van der Waals surface area contributed by atoms with Crippen LogP contribution in [0.2, 0.25) is 0 Å². The van der Waals surface area contributed by atoms with E-state index in [1.54, 1.807) is 0 Å². The van der Waals surface area contributed by atoms with Crippen molar-refractivity contribution in [2.24, 2.45) is 5.92 Å². The van der Waals surface area contributed by atoms with Crippen LogP contribution in [0.3, 0.4) is 0 Å². The summed E-state index contributed by atoms with van der Waals surface area (Å²) in [6.45, 7) is 3.27. The standard InChI is InChI=1S/C11H20N2O2/c1-12(10-2-3-10)6-9-4-5-13(7-9)8-11(14)15/h9-10H,2-8H2,1H3,(H,14,15)/t9-/m0/s1. The first kappa shape index (κ1) is 10.9. The molecule has 0 bridgehead atoms. The maximum absolute atomic E-state index is 10.6. The molecule has 1 heterocycles. The number of likely N-dealkylation sites (tertiary alicyclic amines) is 1. The van der Waals surface area contributed by atoms with Gasteiger partial charge in [0, 0.05) is 19.1 Å². The van der Waals surface area contributed by atoms with Gasteiger partial charge in [-0.25, -0.2) is 0 Å². The minimum atomic E-state index is -0.703. The highest BCUT2D eigenvalue weighted by Crippen LogP contribution is 2.27. The highest BCUT2D eigenvalue weighted by Gasteiger charge is 2.30. The lowest BCUT2D eigenvalue weighted by molar-refractivity contribution is -0.138. The fourth-order valence-corrected chi connectivity index (χ4v) is 2.47. The van der Waals surface area contributed by atoms with Gasteiger partial charge in [-0.1, -0.05) is 0 Å². The molecule has 0 aromatic heterocycles. The number of nitrogens with zero attached hydrogens (tertiary/aromatic N) is 2. The molecule has 1 N–H and O–H groups in total. The Hall–Kier alpha value is -0.610. The number of carboxylic acids is 1. The predicted molar refractivity (Wildman–Crippen MR) is 57.8 cm³/mol. The Morgan fingerprint density at radius 2 is 2.20 bits per heavy atom. The molecule has 0 amide bonds. The van der Waals surface area contributed by atoms with E-state index in [1.807, 2.05) is 4.90 Å². The van der Waals surface area contributed by atoms with Gasteiger partial charge in [-0.3, -0.25) is 9.69 Å². The Morgan fingerprint density at radius 3 is 2.80 bits per heavy atom. The lowest BCUT2D eigenvalue weighted by Crippen LogP contribution is -2.31. The van der Waals surface area contributed by atoms with Gasteiger partial charge in [0.1, 0.15) is 0 Å². The normalized spacial score (nSPS) is 27.5. The average molecular weight is 212 g/mol. The van der Waals surface area contributed by atoms with Gasteiger partial charge in [0.05, 0.1) is 6.54 Å². The van der Waals surface area contributed by atoms with Crippen LogP contribution in [-0.4, -0.2) is 60.1 Å². The third-order valence-corrected chi connectivity index (χ3v) is 3.45. The second-order valence-electron chi connectivity index (χ2n) is 4.95. The first-order chi connectivity index (χ1) is 7.15. The van der Waals surface area contributed by atoms with Crippen LogP contribution in [0.5, 0.6) is 0 Å². The Balaban J connectivity index is 1.69. The summed E-state index contributed by atoms with van der Waals surface area (Å²) in [6, 6.07) is 0.818. The van der Waals surface area contributed by atoms with Crippen molar-refractivity contribution in [2.75, 3.05) is 33.2 Å². The van der Waals surface area contributed by atoms with Crippen LogP contribution in [0, 0.1) is 5.92 Å². The number of hydrogen-bond acceptors (Lipinski definition) is 3. The summed E-state index contributed by atoms with van der Waals surface area (Å²) in [5, 5.41) is 8.69. The van der Waals surface area contributed by atoms with Crippen LogP contribution in [0.15, 0.2) is 0 Å². The molecule has 15 heavy (non-hydrogen) atoms. The molecule has 1 aliphatic heterocycles. The SMILES string of the molecule is CN(C[C@@H]1CCN(CC(=O)O)C1)C1CC1. The molecule has 4 heteroatoms. The van der Waals surface area contributed by atoms with E-state index in [-0.39, 0.29) is 6.54 Å². The second-order valence-corrected chi connectivity index (χ2v) is 4.95. The molecule has 2 rings (SSSR count). The molecule has 1 atom stereocenters. The zero-order chi connectivity index (χ0) is 10.8. The molecule has 0 spiro atoms. The Morgan fingerprint density at radius 1 is 1.47 bits per heavy atom. The maximum atomic E-state index is 10.6. The van der Waals surface area contributed by atoms with Crippen molar-refractivity contribution in [3.05, 3.63) is 0 Å². The van der Waals surface area contributed by atoms with Crippen molar-refractivity contribution in [3.8, 4) is 0 Å². The van der Waals surface area contributed by atoms with Crippen LogP contribution in [0.1, 0.15) is 19.3 Å². The molecule has 0 unspecified atom stereocenters. The Bertz CT molecular complexity index is 241. The summed E-state index contributed by atoms with van der Waals surface area (Å²) >= 11 is 0. The number of carbonyl (C=O) groups is 1. The second kappa shape index (κ2) is 4.49. The van der Waals surface area contributed by atoms with E-state index in [1.165, 1.54) is 12.8 Å². The van der Waals surface area contributed by atoms with Gasteiger partial charge in [0.2, 0.25) is 0 Å². The molecular formula is C11H20N2O2. The van der Waals surface area contributed by atoms with Crippen LogP contribution in [0.25, 0.3) is 0 Å². The van der Waals surface area contributed by atoms with E-state index in [9.17, 15) is 4.79 Å². The van der Waals surface area contributed by atoms with E-state index >= 15 is 0 Å². The Labute approximate surface area is 90.9 Å². The summed E-state index contributed by atoms with van der Waals surface area (Å²) < 4.78 is 0. The van der Waals surface area contributed by atoms with E-state index in [0.29, 0.717) is 5.92 Å². The van der Waals surface area contributed by atoms with Crippen molar-refractivity contribution in [1.82, 2.24) is 9.80 Å². The minimum absolute atomic E-state index is 0.212. The zero-order valence-electron chi connectivity index (χ0n) is 9.35. The largest absolute Gasteiger partial charge is 0.480 e. The van der Waals surface area contributed by atoms with Crippen LogP contribution in [-0.2, 0) is 4.79 Å². The van der Waals surface area contributed by atoms with Crippen LogP contribution >= 0.6 is 0 Å². The molecule has 4 nitrogen and oxygen atoms in total. The van der Waals surface area contributed by atoms with Gasteiger partial charge in [-0.2, -0.15) is 0 Å². The smallest absolute Gasteiger partial charge is 0.317 e. The van der Waals surface area contributed by atoms with Crippen LogP contribution < -0.4 is 0 Å². The lowest BCUT2D eigenvalue weighted by Gasteiger charge is -2.20. The molecule has 1 saturated carbocycles. The highest BCUT2D eigenvalue weighted by molar-refractivity contribution is 5.69. The molecule has 1 aliphatic carbocycles. The van der Waals surface area contributed by atoms with Gasteiger partial charge >= 0.3 is 5.97 Å². The van der Waals surface area contributed by atoms with Crippen LogP contribution in [0.4, 0.5) is 0 Å². The van der Waals surface area contributed by atoms with Gasteiger partial charge in [0.25, 0.3) is 0 Å². The van der Waals surface area contributed by atoms with Crippen molar-refractivity contribution < 1.29 is 9.90 Å². The molecule has 0 radical (unpaired) electrons. The first-order valence-electron chi connectivity index (χ1n) is 5.79. The quantitative estimate of drug-likeness (QED) is 0.720. The van der Waals surface area contributed by atoms with Gasteiger partial charge in [-0.15, -0.1) is 0 Å². The monoisotopic (exact) mass is 212 g/mol. The van der Waals surface area contributed by atoms with E-state index in [2.05, 4.69) is 11.9 Å². The number of hydrogen-bond donors (Lipinski definition) is 1. The third-order valence-electron chi connectivity index (χ3n) is 3.45. The van der Waals surface area contributed by atoms with Gasteiger partial charge < -0.3 is 10.0 Å². The summed E-state index contributed by atoms with van der Waals surface area (Å²) in [5.41, 5.74) is 0. The average Bonchev–Trinajstić information content (AvgIpc) is 2.90. The van der Waals surface area contributed by atoms with Crippen molar-refractivity contribution in [2.45, 2.75) is 25.3 Å². The molecule has 2 fully saturated rings. The molecule has 2 aliphatic rings. The highest BCUT2D eigenvalue weighted by atomic mass is 16.4. The van der Waals surface area contributed by atoms with Crippen molar-refractivity contribution >= 4 is 5.97 Å². The first-order valence-corrected chi connectivity index (χ1v) is 5.79. The number of aliphatic carboxylic acids is 1. The molecule has 0 aromatic rings. The lowest BCUT2D eigenvalue weighted by atomic mass is 10.1. The fourth-order valence-electron chi connectivity index (χ4n) is 2.47. The predicted octanol–water partition coefficient (Wildman–Crippen LogP) is 0.487. The fraction of sp³-hybridized carbons (Fsp3) is 0.909. The maximum Gasteiger partial charge on any atom is 0.317 e.